The number of allylic oxidation sites excluding steroid dienone is 1. The normalized spacial score (nSPS) is 42.8. The van der Waals surface area contributed by atoms with Crippen LogP contribution in [0, 0.1) is 22.7 Å². The zero-order valence-electron chi connectivity index (χ0n) is 29.9. The summed E-state index contributed by atoms with van der Waals surface area (Å²) in [5.74, 6) is 0.108. The van der Waals surface area contributed by atoms with Crippen LogP contribution in [0.25, 0.3) is 6.08 Å². The van der Waals surface area contributed by atoms with E-state index in [9.17, 15) is 19.5 Å². The van der Waals surface area contributed by atoms with E-state index in [1.165, 1.54) is 18.4 Å². The molecule has 3 aliphatic carbocycles. The number of hydrogen-bond donors (Lipinski definition) is 2. The van der Waals surface area contributed by atoms with Crippen molar-refractivity contribution in [3.8, 4) is 0 Å². The highest BCUT2D eigenvalue weighted by molar-refractivity contribution is 5.96. The number of amides is 2. The summed E-state index contributed by atoms with van der Waals surface area (Å²) in [5, 5.41) is 13.6. The number of rotatable bonds is 7. The van der Waals surface area contributed by atoms with Crippen molar-refractivity contribution in [2.75, 3.05) is 26.5 Å². The van der Waals surface area contributed by atoms with Gasteiger partial charge in [-0.1, -0.05) is 49.8 Å². The second-order valence-corrected chi connectivity index (χ2v) is 17.1. The van der Waals surface area contributed by atoms with Gasteiger partial charge in [0, 0.05) is 19.5 Å². The van der Waals surface area contributed by atoms with Crippen molar-refractivity contribution < 1.29 is 43.3 Å². The number of carbonyl (C=O) groups is 3. The summed E-state index contributed by atoms with van der Waals surface area (Å²) in [6.45, 7) is 7.68. The maximum absolute atomic E-state index is 14.9. The fraction of sp³-hybridized carbons (Fsp3) is 0.718. The Labute approximate surface area is 299 Å². The Balaban J connectivity index is 1.01. The molecule has 51 heavy (non-hydrogen) atoms. The summed E-state index contributed by atoms with van der Waals surface area (Å²) in [7, 11) is 0. The van der Waals surface area contributed by atoms with Gasteiger partial charge < -0.3 is 34.3 Å². The van der Waals surface area contributed by atoms with Crippen molar-refractivity contribution in [3.05, 3.63) is 41.0 Å². The topological polar surface area (TPSA) is 139 Å². The average molecular weight is 706 g/mol. The molecular formula is C39H51N3O9. The quantitative estimate of drug-likeness (QED) is 0.322. The van der Waals surface area contributed by atoms with E-state index in [1.54, 1.807) is 9.96 Å². The molecule has 12 nitrogen and oxygen atoms in total. The van der Waals surface area contributed by atoms with E-state index >= 15 is 0 Å². The van der Waals surface area contributed by atoms with Gasteiger partial charge in [0.15, 0.2) is 6.04 Å². The first-order valence-electron chi connectivity index (χ1n) is 19.1. The standard InChI is InChI=1S/C39H51N3O9/c1-37(2)18-25-24(9-10-29-38(3,50-29)12-11-26(25)37)17-22-6-4-7-23(16-22)20-42-32-35(45)49-28-19-39(32,33(51-42)31-30(28)47-21-48-31)36(46)41-14-5-8-27(41)34(44)40-13-15-43/h4,6-7,16-17,25-33,43H,5,8-15,18-21H2,1-3H3,(H,40,44)/t25-,26-,27-,28-,29?,30+,31+,32+,33-,38-,39+/m1/s1. The lowest BCUT2D eigenvalue weighted by atomic mass is 9.52. The monoisotopic (exact) mass is 705 g/mol. The molecule has 276 valence electrons. The van der Waals surface area contributed by atoms with Crippen molar-refractivity contribution in [1.82, 2.24) is 15.3 Å². The maximum atomic E-state index is 14.9. The molecule has 2 bridgehead atoms. The summed E-state index contributed by atoms with van der Waals surface area (Å²) >= 11 is 0. The number of carbonyl (C=O) groups excluding carboxylic acids is 3. The van der Waals surface area contributed by atoms with Crippen molar-refractivity contribution in [2.24, 2.45) is 22.7 Å². The molecule has 5 saturated heterocycles. The molecule has 8 aliphatic rings. The minimum absolute atomic E-state index is 0.0238. The summed E-state index contributed by atoms with van der Waals surface area (Å²) < 4.78 is 24.1. The number of epoxide rings is 1. The van der Waals surface area contributed by atoms with Gasteiger partial charge in [-0.15, -0.1) is 0 Å². The largest absolute Gasteiger partial charge is 0.458 e. The number of nitrogens with zero attached hydrogens (tertiary/aromatic N) is 2. The number of likely N-dealkylation sites (tertiary alicyclic amines) is 1. The molecule has 1 unspecified atom stereocenters. The second kappa shape index (κ2) is 12.3. The average Bonchev–Trinajstić information content (AvgIpc) is 3.57. The van der Waals surface area contributed by atoms with Crippen LogP contribution < -0.4 is 5.32 Å². The molecule has 1 aromatic carbocycles. The first kappa shape index (κ1) is 33.9. The number of nitrogens with one attached hydrogen (secondary N) is 1. The molecule has 5 heterocycles. The molecule has 9 rings (SSSR count). The molecule has 0 aromatic heterocycles. The number of ether oxygens (including phenoxy) is 4. The van der Waals surface area contributed by atoms with E-state index in [4.69, 9.17) is 23.8 Å². The molecule has 0 spiro atoms. The van der Waals surface area contributed by atoms with Crippen molar-refractivity contribution in [3.63, 3.8) is 0 Å². The Morgan fingerprint density at radius 2 is 1.94 bits per heavy atom. The highest BCUT2D eigenvalue weighted by Gasteiger charge is 2.75. The van der Waals surface area contributed by atoms with E-state index in [2.05, 4.69) is 44.3 Å². The highest BCUT2D eigenvalue weighted by atomic mass is 16.8. The summed E-state index contributed by atoms with van der Waals surface area (Å²) in [6.07, 6.45) is 7.12. The Kier molecular flexibility index (Phi) is 8.21. The molecule has 5 aliphatic heterocycles. The summed E-state index contributed by atoms with van der Waals surface area (Å²) in [5.41, 5.74) is 2.62. The van der Waals surface area contributed by atoms with Crippen LogP contribution in [0.2, 0.25) is 0 Å². The first-order valence-corrected chi connectivity index (χ1v) is 19.1. The van der Waals surface area contributed by atoms with Crippen LogP contribution >= 0.6 is 0 Å². The lowest BCUT2D eigenvalue weighted by Crippen LogP contribution is -2.70. The minimum atomic E-state index is -1.31. The maximum Gasteiger partial charge on any atom is 0.327 e. The van der Waals surface area contributed by atoms with E-state index < -0.39 is 47.9 Å². The van der Waals surface area contributed by atoms with Crippen LogP contribution in [0.15, 0.2) is 29.8 Å². The van der Waals surface area contributed by atoms with Gasteiger partial charge in [-0.25, -0.2) is 0 Å². The van der Waals surface area contributed by atoms with Crippen molar-refractivity contribution >= 4 is 23.9 Å². The van der Waals surface area contributed by atoms with Gasteiger partial charge in [-0.05, 0) is 80.2 Å². The van der Waals surface area contributed by atoms with Crippen molar-refractivity contribution in [2.45, 2.75) is 127 Å². The Hall–Kier alpha value is -2.87. The fourth-order valence-electron chi connectivity index (χ4n) is 11.0. The van der Waals surface area contributed by atoms with Gasteiger partial charge >= 0.3 is 5.97 Å². The number of aliphatic hydroxyl groups excluding tert-OH is 1. The molecule has 3 saturated carbocycles. The zero-order chi connectivity index (χ0) is 35.3. The lowest BCUT2D eigenvalue weighted by molar-refractivity contribution is -0.204. The number of hydrogen-bond acceptors (Lipinski definition) is 10. The third-order valence-corrected chi connectivity index (χ3v) is 13.7. The molecule has 11 atom stereocenters. The van der Waals surface area contributed by atoms with Gasteiger partial charge in [-0.2, -0.15) is 5.06 Å². The van der Waals surface area contributed by atoms with Gasteiger partial charge in [0.25, 0.3) is 0 Å². The van der Waals surface area contributed by atoms with Crippen LogP contribution in [-0.4, -0.2) is 108 Å². The number of fused-ring (bicyclic) bond motifs is 6. The first-order chi connectivity index (χ1) is 24.5. The molecular weight excluding hydrogens is 654 g/mol. The predicted octanol–water partition coefficient (Wildman–Crippen LogP) is 3.10. The minimum Gasteiger partial charge on any atom is -0.458 e. The third-order valence-electron chi connectivity index (χ3n) is 13.7. The summed E-state index contributed by atoms with van der Waals surface area (Å²) in [6, 6.07) is 6.67. The lowest BCUT2D eigenvalue weighted by Gasteiger charge is -2.53. The van der Waals surface area contributed by atoms with Gasteiger partial charge in [0.05, 0.1) is 24.9 Å². The molecule has 2 N–H and O–H groups in total. The predicted molar refractivity (Wildman–Crippen MR) is 182 cm³/mol. The summed E-state index contributed by atoms with van der Waals surface area (Å²) in [4.78, 5) is 50.3. The number of aliphatic hydroxyl groups is 1. The van der Waals surface area contributed by atoms with E-state index in [1.807, 2.05) is 12.1 Å². The number of hydroxylamine groups is 2. The Morgan fingerprint density at radius 3 is 2.76 bits per heavy atom. The van der Waals surface area contributed by atoms with E-state index in [0.717, 1.165) is 30.4 Å². The van der Waals surface area contributed by atoms with Crippen LogP contribution in [-0.2, 0) is 44.7 Å². The molecule has 0 radical (unpaired) electrons. The SMILES string of the molecule is CC1(C)C[C@@H]2C(=Cc3cccc(CN4O[C@@H]5[C@H]6OCO[C@H]6[C@H]6C[C@]5(C(=O)N5CCC[C@@H]5C(=O)NCCO)[C@@H]4C(=O)O6)c3)CCC3O[C@]3(C)CC[C@H]21. The Morgan fingerprint density at radius 1 is 1.10 bits per heavy atom. The van der Waals surface area contributed by atoms with Gasteiger partial charge in [0.1, 0.15) is 42.7 Å². The molecule has 12 heteroatoms. The smallest absolute Gasteiger partial charge is 0.327 e. The highest BCUT2D eigenvalue weighted by Crippen LogP contribution is 2.60. The molecule has 1 aromatic rings. The van der Waals surface area contributed by atoms with Crippen LogP contribution in [0.1, 0.15) is 83.3 Å². The van der Waals surface area contributed by atoms with Gasteiger partial charge in [0.2, 0.25) is 11.8 Å². The second-order valence-electron chi connectivity index (χ2n) is 17.1. The van der Waals surface area contributed by atoms with Crippen LogP contribution in [0.3, 0.4) is 0 Å². The Bertz CT molecular complexity index is 1630. The van der Waals surface area contributed by atoms with E-state index in [0.29, 0.717) is 42.7 Å². The van der Waals surface area contributed by atoms with Crippen LogP contribution in [0.5, 0.6) is 0 Å². The molecule has 2 amide bonds. The fourth-order valence-corrected chi connectivity index (χ4v) is 11.0. The van der Waals surface area contributed by atoms with Crippen LogP contribution in [0.4, 0.5) is 0 Å². The van der Waals surface area contributed by atoms with E-state index in [-0.39, 0.29) is 50.3 Å². The number of benzene rings is 1. The third kappa shape index (κ3) is 5.42. The molecule has 8 fully saturated rings. The van der Waals surface area contributed by atoms with Crippen molar-refractivity contribution in [1.29, 1.82) is 0 Å². The van der Waals surface area contributed by atoms with Gasteiger partial charge in [-0.3, -0.25) is 19.2 Å². The zero-order valence-corrected chi connectivity index (χ0v) is 29.9. The number of esters is 1.